The van der Waals surface area contributed by atoms with Crippen LogP contribution in [-0.2, 0) is 133 Å². The molecule has 4 aliphatic rings. The van der Waals surface area contributed by atoms with E-state index in [0.717, 1.165) is 0 Å². The molecule has 8 atom stereocenters. The first-order chi connectivity index (χ1) is 52.8. The van der Waals surface area contributed by atoms with Gasteiger partial charge in [0, 0.05) is 67.7 Å². The highest BCUT2D eigenvalue weighted by Crippen LogP contribution is 2.46. The number of benzene rings is 2. The number of halogens is 1. The second kappa shape index (κ2) is 45.7. The van der Waals surface area contributed by atoms with Crippen LogP contribution in [0.2, 0.25) is 0 Å². The number of amides is 4. The highest BCUT2D eigenvalue weighted by atomic mass is 19.1. The molecule has 2 aromatic carbocycles. The number of alkyl carbamates (subject to hydrolysis) is 1. The molecule has 0 spiro atoms. The van der Waals surface area contributed by atoms with Gasteiger partial charge in [0.2, 0.25) is 24.0 Å². The monoisotopic (exact) mass is 1550 g/mol. The topological polar surface area (TPSA) is 446 Å². The van der Waals surface area contributed by atoms with Crippen molar-refractivity contribution in [3.8, 4) is 17.1 Å². The van der Waals surface area contributed by atoms with Gasteiger partial charge in [-0.3, -0.25) is 19.2 Å². The maximum Gasteiger partial charge on any atom is 0.407 e. The van der Waals surface area contributed by atoms with Gasteiger partial charge in [-0.1, -0.05) is 19.9 Å². The Bertz CT molecular complexity index is 3670. The van der Waals surface area contributed by atoms with Crippen molar-refractivity contribution in [2.45, 2.75) is 128 Å². The van der Waals surface area contributed by atoms with E-state index in [2.05, 4.69) is 26.6 Å². The molecule has 5 heterocycles. The summed E-state index contributed by atoms with van der Waals surface area (Å²) in [6.07, 6.45) is -10.4. The molecule has 3 aliphatic heterocycles. The summed E-state index contributed by atoms with van der Waals surface area (Å²) >= 11 is 0. The average molecular weight is 1550 g/mol. The van der Waals surface area contributed by atoms with Gasteiger partial charge in [-0.05, 0) is 73.2 Å². The fourth-order valence-electron chi connectivity index (χ4n) is 12.4. The van der Waals surface area contributed by atoms with Crippen LogP contribution in [-0.4, -0.2) is 286 Å². The third-order valence-electron chi connectivity index (χ3n) is 18.2. The SMILES string of the molecule is CCN[C@@H](CNC(=O)CCOCCOCCOCCOCCOCCOCCOCCOCCOCCOCCOCCOC)C(=O)NCCC(=O)NCc1cc(COC(=O)N[C@H]2CCc3c(C)c(F)cc4nc5c(c2c34)Cn2c-5cc3c(c2=O)COC(=O)[C@]3(O)CC)ccc1O[C@@H]1O[C@H](C(=O)O)[C@@H](O)[C@H](O)[C@H]1O. The molecule has 36 heteroatoms. The van der Waals surface area contributed by atoms with Crippen molar-refractivity contribution < 1.29 is 134 Å². The van der Waals surface area contributed by atoms with E-state index >= 15 is 4.39 Å². The molecule has 0 unspecified atom stereocenters. The molecular formula is C73H104FN7O28. The molecule has 8 rings (SSSR count). The number of hydrogen-bond acceptors (Lipinski definition) is 29. The van der Waals surface area contributed by atoms with Crippen molar-refractivity contribution >= 4 is 46.7 Å². The second-order valence-corrected chi connectivity index (χ2v) is 25.6. The van der Waals surface area contributed by atoms with Gasteiger partial charge in [-0.25, -0.2) is 23.8 Å². The van der Waals surface area contributed by atoms with Crippen LogP contribution >= 0.6 is 0 Å². The summed E-state index contributed by atoms with van der Waals surface area (Å²) in [7, 11) is 1.63. The maximum absolute atomic E-state index is 15.6. The lowest BCUT2D eigenvalue weighted by Crippen LogP contribution is -2.61. The number of ether oxygens (including phenoxy) is 16. The van der Waals surface area contributed by atoms with Crippen molar-refractivity contribution in [2.24, 2.45) is 0 Å². The van der Waals surface area contributed by atoms with E-state index in [4.69, 9.17) is 80.8 Å². The number of rotatable bonds is 53. The Hall–Kier alpha value is -7.57. The second-order valence-electron chi connectivity index (χ2n) is 25.6. The summed E-state index contributed by atoms with van der Waals surface area (Å²) in [5.74, 6) is -4.57. The lowest BCUT2D eigenvalue weighted by molar-refractivity contribution is -0.271. The van der Waals surface area contributed by atoms with Gasteiger partial charge < -0.3 is 132 Å². The smallest absolute Gasteiger partial charge is 0.407 e. The number of aliphatic carboxylic acids is 1. The summed E-state index contributed by atoms with van der Waals surface area (Å²) in [5, 5.41) is 67.6. The third-order valence-corrected chi connectivity index (χ3v) is 18.2. The predicted octanol–water partition coefficient (Wildman–Crippen LogP) is 0.148. The average Bonchev–Trinajstić information content (AvgIpc) is 1.59. The van der Waals surface area contributed by atoms with Gasteiger partial charge >= 0.3 is 18.0 Å². The predicted molar refractivity (Wildman–Crippen MR) is 380 cm³/mol. The van der Waals surface area contributed by atoms with Crippen molar-refractivity contribution in [3.05, 3.63) is 91.0 Å². The number of carboxylic acid groups (broad SMARTS) is 1. The Morgan fingerprint density at radius 2 is 1.25 bits per heavy atom. The number of carbonyl (C=O) groups excluding carboxylic acids is 5. The number of nitrogens with one attached hydrogen (secondary N) is 5. The number of esters is 1. The number of pyridine rings is 2. The highest BCUT2D eigenvalue weighted by Gasteiger charge is 2.49. The molecule has 2 aromatic heterocycles. The van der Waals surface area contributed by atoms with Gasteiger partial charge in [0.05, 0.1) is 187 Å². The normalized spacial score (nSPS) is 19.4. The number of cyclic esters (lactones) is 1. The lowest BCUT2D eigenvalue weighted by atomic mass is 9.81. The van der Waals surface area contributed by atoms with Crippen LogP contribution in [0.5, 0.6) is 5.75 Å². The zero-order valence-corrected chi connectivity index (χ0v) is 62.1. The Kier molecular flexibility index (Phi) is 36.5. The van der Waals surface area contributed by atoms with Crippen molar-refractivity contribution in [1.82, 2.24) is 36.1 Å². The minimum absolute atomic E-state index is 0.00712. The van der Waals surface area contributed by atoms with Crippen LogP contribution < -0.4 is 36.9 Å². The van der Waals surface area contributed by atoms with E-state index in [1.165, 1.54) is 28.8 Å². The van der Waals surface area contributed by atoms with E-state index in [1.807, 2.05) is 0 Å². The van der Waals surface area contributed by atoms with E-state index in [0.29, 0.717) is 184 Å². The Morgan fingerprint density at radius 1 is 0.688 bits per heavy atom. The quantitative estimate of drug-likeness (QED) is 0.0183. The number of nitrogens with zero attached hydrogens (tertiary/aromatic N) is 2. The molecule has 35 nitrogen and oxygen atoms in total. The summed E-state index contributed by atoms with van der Waals surface area (Å²) < 4.78 is 105. The number of fused-ring (bicyclic) bond motifs is 5. The molecule has 0 saturated carbocycles. The number of aryl methyl sites for hydroxylation is 1. The zero-order valence-electron chi connectivity index (χ0n) is 62.1. The van der Waals surface area contributed by atoms with Crippen LogP contribution in [0.25, 0.3) is 22.3 Å². The van der Waals surface area contributed by atoms with E-state index in [-0.39, 0.29) is 124 Å². The molecule has 1 fully saturated rings. The maximum atomic E-state index is 15.6. The van der Waals surface area contributed by atoms with E-state index < -0.39 is 89.6 Å². The van der Waals surface area contributed by atoms with Gasteiger partial charge in [0.15, 0.2) is 11.7 Å². The first-order valence-electron chi connectivity index (χ1n) is 36.6. The van der Waals surface area contributed by atoms with Gasteiger partial charge in [-0.15, -0.1) is 0 Å². The number of methoxy groups -OCH3 is 1. The Morgan fingerprint density at radius 3 is 1.80 bits per heavy atom. The highest BCUT2D eigenvalue weighted by molar-refractivity contribution is 5.94. The number of aliphatic hydroxyl groups excluding tert-OH is 3. The molecule has 606 valence electrons. The standard InChI is InChI=1S/C73H104FN7O28/c1-5-73(93)51-38-56-62-49(42-81(56)68(88)50(51)44-106-71(73)91)61-53(9-8-48-45(3)52(74)39-54(79-62)60(48)61)80-72(92)107-43-46-7-10-57(108-70-65(86)63(84)64(85)66(109-70)69(89)90)47(37-46)40-77-58(82)11-13-76-67(87)55(75-6-2)41-78-59(83)12-14-95-17-18-97-21-22-99-25-26-101-29-30-103-33-34-105-36-35-104-32-31-102-28-27-100-24-23-98-20-19-96-16-15-94-4/h7,10,37-39,53,55,63-66,70,75,84-86,93H,5-6,8-9,11-36,40-44H2,1-4H3,(H,76,87)(H,77,82)(H,78,83)(H,80,92)(H,89,90)/t53-,55-,63-,64-,65+,66-,70+,73-/m0/s1. The minimum Gasteiger partial charge on any atom is -0.479 e. The molecule has 1 saturated heterocycles. The summed E-state index contributed by atoms with van der Waals surface area (Å²) in [6, 6.07) is 5.52. The number of carboxylic acids is 1. The molecule has 10 N–H and O–H groups in total. The zero-order chi connectivity index (χ0) is 78.1. The largest absolute Gasteiger partial charge is 0.479 e. The van der Waals surface area contributed by atoms with Crippen molar-refractivity contribution in [3.63, 3.8) is 0 Å². The fraction of sp³-hybridized carbons (Fsp3) is 0.644. The summed E-state index contributed by atoms with van der Waals surface area (Å²) in [4.78, 5) is 97.3. The van der Waals surface area contributed by atoms with Crippen LogP contribution in [0.4, 0.5) is 9.18 Å². The van der Waals surface area contributed by atoms with Gasteiger partial charge in [0.1, 0.15) is 49.1 Å². The number of aromatic nitrogens is 2. The van der Waals surface area contributed by atoms with Crippen molar-refractivity contribution in [1.29, 1.82) is 0 Å². The van der Waals surface area contributed by atoms with Crippen LogP contribution in [0, 0.1) is 12.7 Å². The molecule has 1 aliphatic carbocycles. The summed E-state index contributed by atoms with van der Waals surface area (Å²) in [5.41, 5.74) is 1.17. The Labute approximate surface area is 629 Å². The fourth-order valence-corrected chi connectivity index (χ4v) is 12.4. The first kappa shape index (κ1) is 87.0. The first-order valence-corrected chi connectivity index (χ1v) is 36.6. The van der Waals surface area contributed by atoms with E-state index in [1.54, 1.807) is 33.9 Å². The number of carbonyl (C=O) groups is 6. The molecule has 0 radical (unpaired) electrons. The van der Waals surface area contributed by atoms with Crippen molar-refractivity contribution in [2.75, 3.05) is 179 Å². The van der Waals surface area contributed by atoms with Crippen LogP contribution in [0.3, 0.4) is 0 Å². The van der Waals surface area contributed by atoms with E-state index in [9.17, 15) is 59.1 Å². The minimum atomic E-state index is -2.10. The molecule has 4 amide bonds. The number of aliphatic hydroxyl groups is 4. The molecule has 4 aromatic rings. The number of likely N-dealkylation sites (N-methyl/N-ethyl adjacent to an activating group) is 1. The van der Waals surface area contributed by atoms with Gasteiger partial charge in [-0.2, -0.15) is 0 Å². The number of hydrogen-bond donors (Lipinski definition) is 10. The molecule has 0 bridgehead atoms. The van der Waals surface area contributed by atoms with Crippen LogP contribution in [0.1, 0.15) is 90.1 Å². The van der Waals surface area contributed by atoms with Crippen LogP contribution in [0.15, 0.2) is 35.1 Å². The summed E-state index contributed by atoms with van der Waals surface area (Å²) in [6.45, 7) is 13.8. The van der Waals surface area contributed by atoms with Gasteiger partial charge in [0.25, 0.3) is 5.56 Å². The molecule has 109 heavy (non-hydrogen) atoms. The lowest BCUT2D eigenvalue weighted by Gasteiger charge is -2.38. The Balaban J connectivity index is 0.699. The molecular weight excluding hydrogens is 1440 g/mol. The third kappa shape index (κ3) is 25.5.